The van der Waals surface area contributed by atoms with E-state index in [0.29, 0.717) is 27.1 Å². The van der Waals surface area contributed by atoms with Gasteiger partial charge in [-0.15, -0.1) is 0 Å². The molecule has 0 saturated heterocycles. The number of nitrogen functional groups attached to an aromatic ring is 1. The van der Waals surface area contributed by atoms with Crippen molar-refractivity contribution in [1.29, 1.82) is 0 Å². The number of benzene rings is 2. The van der Waals surface area contributed by atoms with Crippen LogP contribution in [0, 0.1) is 0 Å². The highest BCUT2D eigenvalue weighted by Crippen LogP contribution is 2.27. The summed E-state index contributed by atoms with van der Waals surface area (Å²) in [6, 6.07) is 11.3. The van der Waals surface area contributed by atoms with E-state index in [4.69, 9.17) is 28.9 Å². The molecule has 6 heteroatoms. The average molecular weight is 296 g/mol. The topological polar surface area (TPSA) is 67.1 Å². The van der Waals surface area contributed by atoms with Crippen molar-refractivity contribution < 1.29 is 4.79 Å². The summed E-state index contributed by atoms with van der Waals surface area (Å²) >= 11 is 11.7. The zero-order valence-corrected chi connectivity index (χ0v) is 11.3. The molecule has 2 rings (SSSR count). The smallest absolute Gasteiger partial charge is 0.323 e. The lowest BCUT2D eigenvalue weighted by Crippen LogP contribution is -2.20. The molecule has 0 fully saturated rings. The molecule has 0 unspecified atom stereocenters. The first-order valence-electron chi connectivity index (χ1n) is 5.44. The van der Waals surface area contributed by atoms with Crippen LogP contribution in [0.25, 0.3) is 0 Å². The molecule has 2 aromatic carbocycles. The second-order valence-electron chi connectivity index (χ2n) is 3.79. The van der Waals surface area contributed by atoms with Crippen LogP contribution in [-0.4, -0.2) is 6.03 Å². The molecule has 0 radical (unpaired) electrons. The molecule has 0 heterocycles. The lowest BCUT2D eigenvalue weighted by Gasteiger charge is -2.11. The number of para-hydroxylation sites is 1. The lowest BCUT2D eigenvalue weighted by atomic mass is 10.2. The highest BCUT2D eigenvalue weighted by molar-refractivity contribution is 6.34. The normalized spacial score (nSPS) is 10.0. The first-order valence-corrected chi connectivity index (χ1v) is 6.19. The molecule has 4 nitrogen and oxygen atoms in total. The fourth-order valence-corrected chi connectivity index (χ4v) is 1.84. The Hall–Kier alpha value is -1.91. The molecule has 19 heavy (non-hydrogen) atoms. The number of hydrogen-bond acceptors (Lipinski definition) is 2. The van der Waals surface area contributed by atoms with Crippen molar-refractivity contribution in [2.45, 2.75) is 0 Å². The third-order valence-corrected chi connectivity index (χ3v) is 2.95. The summed E-state index contributed by atoms with van der Waals surface area (Å²) in [5.41, 5.74) is 7.14. The van der Waals surface area contributed by atoms with E-state index in [-0.39, 0.29) is 0 Å². The van der Waals surface area contributed by atoms with Crippen LogP contribution in [0.3, 0.4) is 0 Å². The Morgan fingerprint density at radius 2 is 1.68 bits per heavy atom. The maximum Gasteiger partial charge on any atom is 0.323 e. The van der Waals surface area contributed by atoms with Gasteiger partial charge < -0.3 is 16.4 Å². The third-order valence-electron chi connectivity index (χ3n) is 2.39. The molecule has 0 atom stereocenters. The molecule has 0 aliphatic heterocycles. The van der Waals surface area contributed by atoms with Gasteiger partial charge in [-0.25, -0.2) is 4.79 Å². The van der Waals surface area contributed by atoms with Gasteiger partial charge in [0.25, 0.3) is 0 Å². The van der Waals surface area contributed by atoms with Crippen LogP contribution in [-0.2, 0) is 0 Å². The Kier molecular flexibility index (Phi) is 4.14. The Bertz CT molecular complexity index is 579. The molecule has 98 valence electrons. The van der Waals surface area contributed by atoms with Crippen LogP contribution in [0.2, 0.25) is 10.0 Å². The van der Waals surface area contributed by atoms with E-state index in [0.717, 1.165) is 0 Å². The Morgan fingerprint density at radius 3 is 2.32 bits per heavy atom. The molecule has 2 aromatic rings. The van der Waals surface area contributed by atoms with E-state index in [1.807, 2.05) is 0 Å². The monoisotopic (exact) mass is 295 g/mol. The maximum atomic E-state index is 11.8. The van der Waals surface area contributed by atoms with Crippen LogP contribution in [0.1, 0.15) is 0 Å². The van der Waals surface area contributed by atoms with Crippen molar-refractivity contribution in [2.24, 2.45) is 0 Å². The summed E-state index contributed by atoms with van der Waals surface area (Å²) in [6.07, 6.45) is 0. The summed E-state index contributed by atoms with van der Waals surface area (Å²) < 4.78 is 0. The van der Waals surface area contributed by atoms with E-state index >= 15 is 0 Å². The van der Waals surface area contributed by atoms with Crippen molar-refractivity contribution in [3.05, 3.63) is 52.5 Å². The highest BCUT2D eigenvalue weighted by atomic mass is 35.5. The zero-order valence-electron chi connectivity index (χ0n) is 9.78. The average Bonchev–Trinajstić information content (AvgIpc) is 2.37. The molecule has 0 bridgehead atoms. The second kappa shape index (κ2) is 5.82. The molecule has 0 saturated carbocycles. The van der Waals surface area contributed by atoms with Gasteiger partial charge in [-0.05, 0) is 36.4 Å². The number of rotatable bonds is 2. The summed E-state index contributed by atoms with van der Waals surface area (Å²) in [4.78, 5) is 11.8. The summed E-state index contributed by atoms with van der Waals surface area (Å²) in [6.45, 7) is 0. The number of hydrogen-bond donors (Lipinski definition) is 3. The Morgan fingerprint density at radius 1 is 1.00 bits per heavy atom. The molecule has 2 amide bonds. The first kappa shape index (κ1) is 13.5. The zero-order chi connectivity index (χ0) is 13.8. The number of carbonyl (C=O) groups excluding carboxylic acids is 1. The van der Waals surface area contributed by atoms with Crippen LogP contribution in [0.15, 0.2) is 42.5 Å². The molecular weight excluding hydrogens is 285 g/mol. The molecule has 0 aromatic heterocycles. The molecular formula is C13H11Cl2N3O. The number of amides is 2. The Labute approximate surface area is 120 Å². The fraction of sp³-hybridized carbons (Fsp3) is 0. The first-order chi connectivity index (χ1) is 9.06. The highest BCUT2D eigenvalue weighted by Gasteiger charge is 2.08. The van der Waals surface area contributed by atoms with E-state index in [9.17, 15) is 4.79 Å². The summed E-state index contributed by atoms with van der Waals surface area (Å²) in [5.74, 6) is 0. The van der Waals surface area contributed by atoms with Gasteiger partial charge in [-0.1, -0.05) is 29.3 Å². The standard InChI is InChI=1S/C13H11Cl2N3O/c14-8-4-6-9(7-5-8)17-13(19)18-12-10(15)2-1-3-11(12)16/h1-7H,16H2,(H2,17,18,19). The number of anilines is 3. The fourth-order valence-electron chi connectivity index (χ4n) is 1.48. The third kappa shape index (κ3) is 3.53. The van der Waals surface area contributed by atoms with Gasteiger partial charge in [0.05, 0.1) is 16.4 Å². The number of nitrogens with two attached hydrogens (primary N) is 1. The van der Waals surface area contributed by atoms with Gasteiger partial charge in [0.2, 0.25) is 0 Å². The van der Waals surface area contributed by atoms with Gasteiger partial charge in [-0.2, -0.15) is 0 Å². The van der Waals surface area contributed by atoms with Gasteiger partial charge in [0.1, 0.15) is 0 Å². The number of nitrogens with one attached hydrogen (secondary N) is 2. The minimum absolute atomic E-state index is 0.381. The van der Waals surface area contributed by atoms with E-state index in [1.165, 1.54) is 0 Å². The SMILES string of the molecule is Nc1cccc(Cl)c1NC(=O)Nc1ccc(Cl)cc1. The maximum absolute atomic E-state index is 11.8. The minimum Gasteiger partial charge on any atom is -0.397 e. The number of urea groups is 1. The number of halogens is 2. The van der Waals surface area contributed by atoms with Crippen molar-refractivity contribution in [3.8, 4) is 0 Å². The van der Waals surface area contributed by atoms with Crippen LogP contribution >= 0.6 is 23.2 Å². The summed E-state index contributed by atoms with van der Waals surface area (Å²) in [7, 11) is 0. The minimum atomic E-state index is -0.429. The largest absolute Gasteiger partial charge is 0.397 e. The molecule has 0 aliphatic carbocycles. The Balaban J connectivity index is 2.07. The van der Waals surface area contributed by atoms with Crippen molar-refractivity contribution in [1.82, 2.24) is 0 Å². The van der Waals surface area contributed by atoms with Crippen LogP contribution in [0.5, 0.6) is 0 Å². The molecule has 0 aliphatic rings. The van der Waals surface area contributed by atoms with Gasteiger partial charge >= 0.3 is 6.03 Å². The lowest BCUT2D eigenvalue weighted by molar-refractivity contribution is 0.262. The quantitative estimate of drug-likeness (QED) is 0.726. The van der Waals surface area contributed by atoms with Crippen LogP contribution in [0.4, 0.5) is 21.9 Å². The van der Waals surface area contributed by atoms with E-state index in [1.54, 1.807) is 42.5 Å². The van der Waals surface area contributed by atoms with Gasteiger partial charge in [0.15, 0.2) is 0 Å². The summed E-state index contributed by atoms with van der Waals surface area (Å²) in [5, 5.41) is 6.23. The molecule has 4 N–H and O–H groups in total. The number of carbonyl (C=O) groups is 1. The van der Waals surface area contributed by atoms with E-state index in [2.05, 4.69) is 10.6 Å². The molecule has 0 spiro atoms. The van der Waals surface area contributed by atoms with Gasteiger partial charge in [-0.3, -0.25) is 0 Å². The van der Waals surface area contributed by atoms with Crippen molar-refractivity contribution in [2.75, 3.05) is 16.4 Å². The van der Waals surface area contributed by atoms with Crippen molar-refractivity contribution in [3.63, 3.8) is 0 Å². The predicted molar refractivity (Wildman–Crippen MR) is 80.0 cm³/mol. The van der Waals surface area contributed by atoms with Crippen molar-refractivity contribution >= 4 is 46.3 Å². The van der Waals surface area contributed by atoms with E-state index < -0.39 is 6.03 Å². The predicted octanol–water partition coefficient (Wildman–Crippen LogP) is 4.22. The second-order valence-corrected chi connectivity index (χ2v) is 4.63. The van der Waals surface area contributed by atoms with Crippen LogP contribution < -0.4 is 16.4 Å². The van der Waals surface area contributed by atoms with Gasteiger partial charge in [0, 0.05) is 10.7 Å².